The first-order chi connectivity index (χ1) is 7.15. The van der Waals surface area contributed by atoms with E-state index in [1.807, 2.05) is 6.92 Å². The molecule has 5 nitrogen and oxygen atoms in total. The summed E-state index contributed by atoms with van der Waals surface area (Å²) in [6, 6.07) is 3.46. The Balaban J connectivity index is 0. The Labute approximate surface area is 102 Å². The summed E-state index contributed by atoms with van der Waals surface area (Å²) >= 11 is 0. The third-order valence-corrected chi connectivity index (χ3v) is 1.54. The molecule has 0 aliphatic rings. The number of carbonyl (C=O) groups is 1. The first kappa shape index (κ1) is 17.2. The van der Waals surface area contributed by atoms with Gasteiger partial charge in [-0.1, -0.05) is 0 Å². The number of carbonyl (C=O) groups excluding carboxylic acids is 1. The van der Waals surface area contributed by atoms with Crippen LogP contribution in [0.3, 0.4) is 0 Å². The molecule has 0 saturated heterocycles. The number of hydroxylamine groups is 1. The minimum Gasteiger partial charge on any atom is -0.465 e. The Morgan fingerprint density at radius 1 is 1.38 bits per heavy atom. The minimum atomic E-state index is -0.350. The molecule has 0 atom stereocenters. The van der Waals surface area contributed by atoms with Gasteiger partial charge in [0.25, 0.3) is 0 Å². The van der Waals surface area contributed by atoms with E-state index >= 15 is 0 Å². The largest absolute Gasteiger partial charge is 0.465 e. The Morgan fingerprint density at radius 2 is 1.94 bits per heavy atom. The fourth-order valence-electron chi connectivity index (χ4n) is 0.706. The molecule has 6 heteroatoms. The summed E-state index contributed by atoms with van der Waals surface area (Å²) < 4.78 is 4.50. The van der Waals surface area contributed by atoms with Crippen LogP contribution in [0.2, 0.25) is 0 Å². The number of ether oxygens (including phenoxy) is 1. The molecule has 1 rings (SSSR count). The van der Waals surface area contributed by atoms with Crippen molar-refractivity contribution >= 4 is 18.4 Å². The van der Waals surface area contributed by atoms with Gasteiger partial charge in [0.05, 0.1) is 19.8 Å². The number of pyridine rings is 1. The quantitative estimate of drug-likeness (QED) is 0.633. The van der Waals surface area contributed by atoms with E-state index in [9.17, 15) is 4.79 Å². The number of methoxy groups -OCH3 is 1. The van der Waals surface area contributed by atoms with E-state index in [4.69, 9.17) is 0 Å². The second kappa shape index (κ2) is 10.4. The number of hydrogen-bond donors (Lipinski definition) is 1. The van der Waals surface area contributed by atoms with Crippen molar-refractivity contribution in [2.45, 2.75) is 6.92 Å². The standard InChI is InChI=1S/C8H9NO2.C2H7NO.ClH/c1-6-3-4-7(5-9-6)8(10)11-2;1-3-4-2;/h3-5H,1-2H3;3H,1-2H3;1H. The van der Waals surface area contributed by atoms with Gasteiger partial charge in [0.15, 0.2) is 0 Å². The maximum absolute atomic E-state index is 10.9. The van der Waals surface area contributed by atoms with E-state index < -0.39 is 0 Å². The molecule has 1 heterocycles. The number of aromatic nitrogens is 1. The van der Waals surface area contributed by atoms with E-state index in [1.165, 1.54) is 13.3 Å². The molecule has 0 fully saturated rings. The van der Waals surface area contributed by atoms with Crippen molar-refractivity contribution in [2.24, 2.45) is 0 Å². The summed E-state index contributed by atoms with van der Waals surface area (Å²) in [5, 5.41) is 0. The monoisotopic (exact) mass is 248 g/mol. The lowest BCUT2D eigenvalue weighted by atomic mass is 10.2. The van der Waals surface area contributed by atoms with Crippen LogP contribution in [0.15, 0.2) is 18.3 Å². The first-order valence-electron chi connectivity index (χ1n) is 4.36. The fraction of sp³-hybridized carbons (Fsp3) is 0.400. The van der Waals surface area contributed by atoms with Gasteiger partial charge in [-0.15, -0.1) is 12.4 Å². The van der Waals surface area contributed by atoms with Crippen LogP contribution < -0.4 is 5.48 Å². The summed E-state index contributed by atoms with van der Waals surface area (Å²) in [5.74, 6) is -0.350. The third kappa shape index (κ3) is 7.17. The van der Waals surface area contributed by atoms with Crippen LogP contribution in [0.5, 0.6) is 0 Å². The number of rotatable bonds is 2. The van der Waals surface area contributed by atoms with Gasteiger partial charge >= 0.3 is 5.97 Å². The lowest BCUT2D eigenvalue weighted by molar-refractivity contribution is 0.0600. The average Bonchev–Trinajstić information content (AvgIpc) is 2.29. The predicted molar refractivity (Wildman–Crippen MR) is 63.6 cm³/mol. The summed E-state index contributed by atoms with van der Waals surface area (Å²) in [4.78, 5) is 19.1. The third-order valence-electron chi connectivity index (χ3n) is 1.54. The number of halogens is 1. The number of hydrogen-bond acceptors (Lipinski definition) is 5. The SMILES string of the molecule is CNOC.COC(=O)c1ccc(C)nc1.Cl. The van der Waals surface area contributed by atoms with E-state index in [1.54, 1.807) is 26.3 Å². The second-order valence-electron chi connectivity index (χ2n) is 2.59. The van der Waals surface area contributed by atoms with E-state index in [2.05, 4.69) is 20.0 Å². The molecule has 0 spiro atoms. The normalized spacial score (nSPS) is 8.25. The Kier molecular flexibility index (Phi) is 11.1. The predicted octanol–water partition coefficient (Wildman–Crippen LogP) is 1.37. The van der Waals surface area contributed by atoms with Crippen molar-refractivity contribution in [3.8, 4) is 0 Å². The highest BCUT2D eigenvalue weighted by Crippen LogP contribution is 1.99. The molecule has 16 heavy (non-hydrogen) atoms. The van der Waals surface area contributed by atoms with Crippen LogP contribution in [0, 0.1) is 6.92 Å². The van der Waals surface area contributed by atoms with Crippen molar-refractivity contribution in [1.29, 1.82) is 0 Å². The molecule has 0 amide bonds. The Bertz CT molecular complexity index is 289. The molecule has 0 aliphatic heterocycles. The van der Waals surface area contributed by atoms with Crippen LogP contribution in [0.25, 0.3) is 0 Å². The number of aryl methyl sites for hydroxylation is 1. The molecule has 1 aromatic heterocycles. The van der Waals surface area contributed by atoms with Gasteiger partial charge in [-0.2, -0.15) is 0 Å². The van der Waals surface area contributed by atoms with Gasteiger partial charge < -0.3 is 9.57 Å². The molecule has 92 valence electrons. The van der Waals surface area contributed by atoms with Crippen molar-refractivity contribution in [1.82, 2.24) is 10.5 Å². The molecule has 1 N–H and O–H groups in total. The topological polar surface area (TPSA) is 60.5 Å². The van der Waals surface area contributed by atoms with Gasteiger partial charge in [-0.25, -0.2) is 10.3 Å². The fourth-order valence-corrected chi connectivity index (χ4v) is 0.706. The first-order valence-corrected chi connectivity index (χ1v) is 4.36. The zero-order valence-electron chi connectivity index (χ0n) is 9.81. The van der Waals surface area contributed by atoms with Crippen LogP contribution in [0.1, 0.15) is 16.1 Å². The average molecular weight is 249 g/mol. The van der Waals surface area contributed by atoms with Crippen LogP contribution >= 0.6 is 12.4 Å². The highest BCUT2D eigenvalue weighted by molar-refractivity contribution is 5.88. The molecule has 0 radical (unpaired) electrons. The van der Waals surface area contributed by atoms with Gasteiger partial charge in [0, 0.05) is 18.9 Å². The van der Waals surface area contributed by atoms with Gasteiger partial charge in [0.2, 0.25) is 0 Å². The minimum absolute atomic E-state index is 0. The summed E-state index contributed by atoms with van der Waals surface area (Å²) in [6.07, 6.45) is 1.50. The summed E-state index contributed by atoms with van der Waals surface area (Å²) in [7, 11) is 4.63. The zero-order valence-corrected chi connectivity index (χ0v) is 10.6. The van der Waals surface area contributed by atoms with Gasteiger partial charge in [-0.05, 0) is 19.1 Å². The molecular weight excluding hydrogens is 232 g/mol. The van der Waals surface area contributed by atoms with Crippen LogP contribution in [0.4, 0.5) is 0 Å². The number of nitrogens with zero attached hydrogens (tertiary/aromatic N) is 1. The van der Waals surface area contributed by atoms with Crippen molar-refractivity contribution < 1.29 is 14.4 Å². The molecule has 0 saturated carbocycles. The maximum Gasteiger partial charge on any atom is 0.339 e. The molecule has 0 aromatic carbocycles. The van der Waals surface area contributed by atoms with Crippen molar-refractivity contribution in [3.05, 3.63) is 29.6 Å². The maximum atomic E-state index is 10.9. The molecule has 0 bridgehead atoms. The summed E-state index contributed by atoms with van der Waals surface area (Å²) in [6.45, 7) is 1.86. The number of nitrogens with one attached hydrogen (secondary N) is 1. The van der Waals surface area contributed by atoms with Gasteiger partial charge in [0.1, 0.15) is 0 Å². The molecule has 0 aliphatic carbocycles. The molecular formula is C10H17ClN2O3. The van der Waals surface area contributed by atoms with E-state index in [0.717, 1.165) is 5.69 Å². The van der Waals surface area contributed by atoms with Crippen LogP contribution in [-0.2, 0) is 9.57 Å². The Morgan fingerprint density at radius 3 is 2.25 bits per heavy atom. The summed E-state index contributed by atoms with van der Waals surface area (Å²) in [5.41, 5.74) is 3.80. The highest BCUT2D eigenvalue weighted by Gasteiger charge is 2.02. The van der Waals surface area contributed by atoms with Crippen molar-refractivity contribution in [3.63, 3.8) is 0 Å². The van der Waals surface area contributed by atoms with Gasteiger partial charge in [-0.3, -0.25) is 4.98 Å². The lowest BCUT2D eigenvalue weighted by Crippen LogP contribution is -2.01. The van der Waals surface area contributed by atoms with Crippen LogP contribution in [-0.4, -0.2) is 32.2 Å². The van der Waals surface area contributed by atoms with E-state index in [0.29, 0.717) is 5.56 Å². The molecule has 1 aromatic rings. The number of esters is 1. The molecule has 0 unspecified atom stereocenters. The highest BCUT2D eigenvalue weighted by atomic mass is 35.5. The smallest absolute Gasteiger partial charge is 0.339 e. The lowest BCUT2D eigenvalue weighted by Gasteiger charge is -1.97. The Hall–Kier alpha value is -1.17. The second-order valence-corrected chi connectivity index (χ2v) is 2.59. The van der Waals surface area contributed by atoms with E-state index in [-0.39, 0.29) is 18.4 Å². The zero-order chi connectivity index (χ0) is 11.7. The van der Waals surface area contributed by atoms with Crippen molar-refractivity contribution in [2.75, 3.05) is 21.3 Å².